The summed E-state index contributed by atoms with van der Waals surface area (Å²) in [6, 6.07) is 8.78. The van der Waals surface area contributed by atoms with Gasteiger partial charge in [0.15, 0.2) is 5.96 Å². The van der Waals surface area contributed by atoms with Gasteiger partial charge < -0.3 is 24.8 Å². The van der Waals surface area contributed by atoms with Crippen LogP contribution >= 0.6 is 0 Å². The third kappa shape index (κ3) is 5.09. The van der Waals surface area contributed by atoms with Crippen molar-refractivity contribution in [2.75, 3.05) is 69.3 Å². The molecule has 2 saturated heterocycles. The van der Waals surface area contributed by atoms with Gasteiger partial charge in [0.05, 0.1) is 24.6 Å². The standard InChI is InChI=1S/C23H28F3N5O/c1-27-23(31-8-6-29(7-9-31)22-15-18(24)3-4-19(22)25)28-16-17-2-5-21(20(26)14-17)30-10-12-32-13-11-30/h2-5,14-15H,6-13,16H2,1H3,(H,27,28). The fourth-order valence-electron chi connectivity index (χ4n) is 4.12. The highest BCUT2D eigenvalue weighted by Crippen LogP contribution is 2.23. The first-order valence-corrected chi connectivity index (χ1v) is 10.8. The summed E-state index contributed by atoms with van der Waals surface area (Å²) in [4.78, 5) is 10.2. The van der Waals surface area contributed by atoms with Crippen LogP contribution in [0, 0.1) is 17.5 Å². The molecule has 4 rings (SSSR count). The molecule has 2 aliphatic heterocycles. The fourth-order valence-corrected chi connectivity index (χ4v) is 4.12. The second-order valence-corrected chi connectivity index (χ2v) is 7.86. The van der Waals surface area contributed by atoms with E-state index in [-0.39, 0.29) is 11.5 Å². The lowest BCUT2D eigenvalue weighted by molar-refractivity contribution is 0.122. The van der Waals surface area contributed by atoms with Crippen molar-refractivity contribution in [1.29, 1.82) is 0 Å². The van der Waals surface area contributed by atoms with Crippen molar-refractivity contribution in [2.24, 2.45) is 4.99 Å². The highest BCUT2D eigenvalue weighted by Gasteiger charge is 2.22. The topological polar surface area (TPSA) is 43.3 Å². The van der Waals surface area contributed by atoms with Crippen LogP contribution in [0.25, 0.3) is 0 Å². The highest BCUT2D eigenvalue weighted by atomic mass is 19.1. The van der Waals surface area contributed by atoms with E-state index in [1.54, 1.807) is 13.1 Å². The lowest BCUT2D eigenvalue weighted by Crippen LogP contribution is -2.52. The van der Waals surface area contributed by atoms with Crippen LogP contribution < -0.4 is 15.1 Å². The molecule has 32 heavy (non-hydrogen) atoms. The number of anilines is 2. The van der Waals surface area contributed by atoms with Crippen LogP contribution in [0.3, 0.4) is 0 Å². The lowest BCUT2D eigenvalue weighted by atomic mass is 10.1. The first-order chi connectivity index (χ1) is 15.5. The number of hydrogen-bond donors (Lipinski definition) is 1. The molecule has 6 nitrogen and oxygen atoms in total. The van der Waals surface area contributed by atoms with Crippen LogP contribution in [0.2, 0.25) is 0 Å². The molecule has 172 valence electrons. The Bertz CT molecular complexity index is 957. The minimum atomic E-state index is -0.451. The number of nitrogens with zero attached hydrogens (tertiary/aromatic N) is 4. The van der Waals surface area contributed by atoms with Gasteiger partial charge in [-0.05, 0) is 29.8 Å². The molecule has 2 aromatic rings. The average molecular weight is 448 g/mol. The third-order valence-electron chi connectivity index (χ3n) is 5.85. The van der Waals surface area contributed by atoms with Crippen molar-refractivity contribution < 1.29 is 17.9 Å². The average Bonchev–Trinajstić information content (AvgIpc) is 2.82. The van der Waals surface area contributed by atoms with Crippen LogP contribution in [0.4, 0.5) is 24.5 Å². The number of halogens is 3. The third-order valence-corrected chi connectivity index (χ3v) is 5.85. The van der Waals surface area contributed by atoms with Crippen molar-refractivity contribution in [3.8, 4) is 0 Å². The molecule has 2 heterocycles. The summed E-state index contributed by atoms with van der Waals surface area (Å²) in [6.07, 6.45) is 0. The Morgan fingerprint density at radius 3 is 2.28 bits per heavy atom. The van der Waals surface area contributed by atoms with Crippen molar-refractivity contribution in [3.63, 3.8) is 0 Å². The predicted octanol–water partition coefficient (Wildman–Crippen LogP) is 2.84. The minimum absolute atomic E-state index is 0.244. The highest BCUT2D eigenvalue weighted by molar-refractivity contribution is 5.80. The zero-order chi connectivity index (χ0) is 22.5. The normalized spacial score (nSPS) is 17.6. The summed E-state index contributed by atoms with van der Waals surface area (Å²) in [5.41, 5.74) is 1.70. The van der Waals surface area contributed by atoms with Crippen molar-refractivity contribution in [3.05, 3.63) is 59.4 Å². The molecule has 9 heteroatoms. The molecular weight excluding hydrogens is 419 g/mol. The van der Waals surface area contributed by atoms with Crippen LogP contribution in [0.1, 0.15) is 5.56 Å². The first kappa shape index (κ1) is 22.3. The molecule has 0 unspecified atom stereocenters. The Labute approximate surface area is 186 Å². The van der Waals surface area contributed by atoms with Crippen molar-refractivity contribution in [2.45, 2.75) is 6.54 Å². The zero-order valence-electron chi connectivity index (χ0n) is 18.2. The largest absolute Gasteiger partial charge is 0.378 e. The number of piperazine rings is 1. The molecule has 2 aromatic carbocycles. The number of ether oxygens (including phenoxy) is 1. The van der Waals surface area contributed by atoms with Gasteiger partial charge in [0.25, 0.3) is 0 Å². The molecule has 0 amide bonds. The second kappa shape index (κ2) is 10.1. The molecule has 0 bridgehead atoms. The maximum absolute atomic E-state index is 14.6. The van der Waals surface area contributed by atoms with Crippen molar-refractivity contribution in [1.82, 2.24) is 10.2 Å². The smallest absolute Gasteiger partial charge is 0.194 e. The molecule has 0 radical (unpaired) electrons. The van der Waals surface area contributed by atoms with Gasteiger partial charge in [-0.2, -0.15) is 0 Å². The van der Waals surface area contributed by atoms with Gasteiger partial charge in [-0.1, -0.05) is 6.07 Å². The molecule has 0 saturated carbocycles. The van der Waals surface area contributed by atoms with Crippen LogP contribution in [-0.4, -0.2) is 70.4 Å². The number of aliphatic imine (C=N–C) groups is 1. The van der Waals surface area contributed by atoms with Crippen LogP contribution in [0.15, 0.2) is 41.4 Å². The maximum atomic E-state index is 14.6. The predicted molar refractivity (Wildman–Crippen MR) is 120 cm³/mol. The fraction of sp³-hybridized carbons (Fsp3) is 0.435. The molecule has 0 spiro atoms. The van der Waals surface area contributed by atoms with E-state index in [2.05, 4.69) is 15.2 Å². The van der Waals surface area contributed by atoms with E-state index in [1.807, 2.05) is 21.9 Å². The summed E-state index contributed by atoms with van der Waals surface area (Å²) in [6.45, 7) is 5.34. The lowest BCUT2D eigenvalue weighted by Gasteiger charge is -2.37. The molecule has 0 aliphatic carbocycles. The van der Waals surface area contributed by atoms with E-state index in [1.165, 1.54) is 6.07 Å². The van der Waals surface area contributed by atoms with Crippen LogP contribution in [-0.2, 0) is 11.3 Å². The molecule has 1 N–H and O–H groups in total. The van der Waals surface area contributed by atoms with Gasteiger partial charge in [0, 0.05) is 58.9 Å². The van der Waals surface area contributed by atoms with E-state index in [4.69, 9.17) is 4.74 Å². The number of nitrogens with one attached hydrogen (secondary N) is 1. The van der Waals surface area contributed by atoms with Gasteiger partial charge in [0.2, 0.25) is 0 Å². The quantitative estimate of drug-likeness (QED) is 0.577. The molecule has 2 fully saturated rings. The van der Waals surface area contributed by atoms with Crippen molar-refractivity contribution >= 4 is 17.3 Å². The number of benzene rings is 2. The Balaban J connectivity index is 1.32. The number of morpholine rings is 1. The van der Waals surface area contributed by atoms with E-state index < -0.39 is 11.6 Å². The van der Waals surface area contributed by atoms with E-state index in [0.29, 0.717) is 70.7 Å². The maximum Gasteiger partial charge on any atom is 0.194 e. The first-order valence-electron chi connectivity index (χ1n) is 10.8. The number of guanidine groups is 1. The van der Waals surface area contributed by atoms with Gasteiger partial charge in [-0.3, -0.25) is 4.99 Å². The van der Waals surface area contributed by atoms with Crippen LogP contribution in [0.5, 0.6) is 0 Å². The number of hydrogen-bond acceptors (Lipinski definition) is 4. The van der Waals surface area contributed by atoms with Gasteiger partial charge in [-0.15, -0.1) is 0 Å². The molecule has 0 atom stereocenters. The summed E-state index contributed by atoms with van der Waals surface area (Å²) >= 11 is 0. The monoisotopic (exact) mass is 447 g/mol. The van der Waals surface area contributed by atoms with Gasteiger partial charge in [0.1, 0.15) is 17.5 Å². The minimum Gasteiger partial charge on any atom is -0.378 e. The molecule has 2 aliphatic rings. The van der Waals surface area contributed by atoms with Gasteiger partial charge >= 0.3 is 0 Å². The summed E-state index contributed by atoms with van der Waals surface area (Å²) in [5.74, 6) is -0.424. The SMILES string of the molecule is CN=C(NCc1ccc(N2CCOCC2)c(F)c1)N1CCN(c2cc(F)ccc2F)CC1. The van der Waals surface area contributed by atoms with E-state index in [0.717, 1.165) is 17.7 Å². The van der Waals surface area contributed by atoms with E-state index >= 15 is 0 Å². The Morgan fingerprint density at radius 2 is 1.59 bits per heavy atom. The number of rotatable bonds is 4. The Morgan fingerprint density at radius 1 is 0.875 bits per heavy atom. The van der Waals surface area contributed by atoms with E-state index in [9.17, 15) is 13.2 Å². The summed E-state index contributed by atoms with van der Waals surface area (Å²) in [7, 11) is 1.70. The molecular formula is C23H28F3N5O. The van der Waals surface area contributed by atoms with Gasteiger partial charge in [-0.25, -0.2) is 13.2 Å². The molecule has 0 aromatic heterocycles. The zero-order valence-corrected chi connectivity index (χ0v) is 18.2. The summed E-state index contributed by atoms with van der Waals surface area (Å²) < 4.78 is 47.6. The summed E-state index contributed by atoms with van der Waals surface area (Å²) in [5, 5.41) is 3.28. The second-order valence-electron chi connectivity index (χ2n) is 7.86. The Hall–Kier alpha value is -2.94. The Kier molecular flexibility index (Phi) is 7.04.